The molecule has 0 aliphatic rings. The maximum absolute atomic E-state index is 12.9. The summed E-state index contributed by atoms with van der Waals surface area (Å²) in [6, 6.07) is 7.39. The molecular weight excluding hydrogens is 302 g/mol. The molecular formula is C18H17N5O. The highest BCUT2D eigenvalue weighted by Gasteiger charge is 2.18. The predicted octanol–water partition coefficient (Wildman–Crippen LogP) is 2.75. The minimum absolute atomic E-state index is 0.0446. The smallest absolute Gasteiger partial charge is 0.261 e. The SMILES string of the molecule is CC[C@@H](c1cn2cccnc2n1)n1cnc2cc(C)ccc2c1=O. The first-order valence-electron chi connectivity index (χ1n) is 7.94. The van der Waals surface area contributed by atoms with Crippen LogP contribution in [0, 0.1) is 6.92 Å². The number of hydrogen-bond donors (Lipinski definition) is 0. The first-order valence-corrected chi connectivity index (χ1v) is 7.94. The zero-order valence-electron chi connectivity index (χ0n) is 13.5. The van der Waals surface area contributed by atoms with Gasteiger partial charge in [0.25, 0.3) is 5.56 Å². The van der Waals surface area contributed by atoms with Crippen molar-refractivity contribution in [2.75, 3.05) is 0 Å². The molecule has 0 amide bonds. The molecule has 0 spiro atoms. The molecule has 0 unspecified atom stereocenters. The molecule has 1 atom stereocenters. The van der Waals surface area contributed by atoms with E-state index in [1.54, 1.807) is 17.1 Å². The molecule has 0 aliphatic carbocycles. The Kier molecular flexibility index (Phi) is 3.37. The van der Waals surface area contributed by atoms with Crippen LogP contribution in [-0.2, 0) is 0 Å². The van der Waals surface area contributed by atoms with E-state index in [1.165, 1.54) is 0 Å². The largest absolute Gasteiger partial charge is 0.291 e. The summed E-state index contributed by atoms with van der Waals surface area (Å²) < 4.78 is 3.53. The van der Waals surface area contributed by atoms with Crippen LogP contribution in [0.1, 0.15) is 30.6 Å². The van der Waals surface area contributed by atoms with Crippen molar-refractivity contribution in [3.05, 3.63) is 70.8 Å². The van der Waals surface area contributed by atoms with Gasteiger partial charge in [0.2, 0.25) is 5.78 Å². The highest BCUT2D eigenvalue weighted by atomic mass is 16.1. The molecule has 4 rings (SSSR count). The molecule has 6 nitrogen and oxygen atoms in total. The quantitative estimate of drug-likeness (QED) is 0.582. The highest BCUT2D eigenvalue weighted by molar-refractivity contribution is 5.77. The van der Waals surface area contributed by atoms with Gasteiger partial charge in [-0.15, -0.1) is 0 Å². The van der Waals surface area contributed by atoms with Gasteiger partial charge in [-0.3, -0.25) is 13.8 Å². The van der Waals surface area contributed by atoms with Gasteiger partial charge in [0.1, 0.15) is 0 Å². The molecule has 0 radical (unpaired) electrons. The van der Waals surface area contributed by atoms with Crippen molar-refractivity contribution < 1.29 is 0 Å². The Labute approximate surface area is 138 Å². The van der Waals surface area contributed by atoms with Gasteiger partial charge in [-0.2, -0.15) is 0 Å². The van der Waals surface area contributed by atoms with Crippen LogP contribution >= 0.6 is 0 Å². The van der Waals surface area contributed by atoms with Crippen molar-refractivity contribution in [2.45, 2.75) is 26.3 Å². The molecule has 120 valence electrons. The van der Waals surface area contributed by atoms with Gasteiger partial charge in [0, 0.05) is 18.6 Å². The van der Waals surface area contributed by atoms with Crippen LogP contribution in [0.25, 0.3) is 16.7 Å². The number of aromatic nitrogens is 5. The summed E-state index contributed by atoms with van der Waals surface area (Å²) in [5, 5.41) is 0.628. The second kappa shape index (κ2) is 5.56. The molecule has 0 bridgehead atoms. The van der Waals surface area contributed by atoms with E-state index in [2.05, 4.69) is 15.0 Å². The summed E-state index contributed by atoms with van der Waals surface area (Å²) in [5.74, 6) is 0.628. The zero-order chi connectivity index (χ0) is 16.7. The molecule has 0 saturated heterocycles. The Morgan fingerprint density at radius 2 is 2.12 bits per heavy atom. The monoisotopic (exact) mass is 319 g/mol. The average molecular weight is 319 g/mol. The number of fused-ring (bicyclic) bond motifs is 2. The Morgan fingerprint density at radius 1 is 1.25 bits per heavy atom. The number of aryl methyl sites for hydroxylation is 1. The summed E-state index contributed by atoms with van der Waals surface area (Å²) in [5.41, 5.74) is 2.58. The average Bonchev–Trinajstić information content (AvgIpc) is 3.01. The fourth-order valence-corrected chi connectivity index (χ4v) is 3.02. The van der Waals surface area contributed by atoms with E-state index in [0.29, 0.717) is 11.2 Å². The van der Waals surface area contributed by atoms with E-state index in [-0.39, 0.29) is 11.6 Å². The van der Waals surface area contributed by atoms with Crippen LogP contribution in [0.4, 0.5) is 0 Å². The molecule has 1 aromatic carbocycles. The summed E-state index contributed by atoms with van der Waals surface area (Å²) in [6.07, 6.45) is 7.88. The van der Waals surface area contributed by atoms with E-state index in [0.717, 1.165) is 23.2 Å². The first-order chi connectivity index (χ1) is 11.7. The molecule has 0 aliphatic heterocycles. The van der Waals surface area contributed by atoms with E-state index in [1.807, 2.05) is 54.9 Å². The third-order valence-electron chi connectivity index (χ3n) is 4.26. The molecule has 6 heteroatoms. The van der Waals surface area contributed by atoms with Crippen LogP contribution in [-0.4, -0.2) is 23.9 Å². The third kappa shape index (κ3) is 2.27. The van der Waals surface area contributed by atoms with E-state index in [4.69, 9.17) is 0 Å². The second-order valence-electron chi connectivity index (χ2n) is 5.89. The van der Waals surface area contributed by atoms with Crippen LogP contribution in [0.2, 0.25) is 0 Å². The number of hydrogen-bond acceptors (Lipinski definition) is 4. The predicted molar refractivity (Wildman–Crippen MR) is 92.2 cm³/mol. The number of rotatable bonds is 3. The lowest BCUT2D eigenvalue weighted by atomic mass is 10.1. The van der Waals surface area contributed by atoms with Gasteiger partial charge in [-0.25, -0.2) is 15.0 Å². The summed E-state index contributed by atoms with van der Waals surface area (Å²) in [6.45, 7) is 4.03. The normalized spacial score (nSPS) is 12.8. The van der Waals surface area contributed by atoms with Gasteiger partial charge in [-0.05, 0) is 37.1 Å². The molecule has 0 N–H and O–H groups in total. The Bertz CT molecular complexity index is 1060. The van der Waals surface area contributed by atoms with E-state index in [9.17, 15) is 4.79 Å². The molecule has 3 heterocycles. The van der Waals surface area contributed by atoms with Crippen molar-refractivity contribution >= 4 is 16.7 Å². The first kappa shape index (κ1) is 14.6. The Balaban J connectivity index is 1.88. The minimum atomic E-state index is -0.169. The lowest BCUT2D eigenvalue weighted by Crippen LogP contribution is -2.26. The van der Waals surface area contributed by atoms with Gasteiger partial charge in [-0.1, -0.05) is 13.0 Å². The summed E-state index contributed by atoms with van der Waals surface area (Å²) in [7, 11) is 0. The third-order valence-corrected chi connectivity index (χ3v) is 4.26. The topological polar surface area (TPSA) is 65.1 Å². The number of benzene rings is 1. The van der Waals surface area contributed by atoms with Crippen molar-refractivity contribution in [2.24, 2.45) is 0 Å². The van der Waals surface area contributed by atoms with Crippen LogP contribution in [0.3, 0.4) is 0 Å². The van der Waals surface area contributed by atoms with E-state index < -0.39 is 0 Å². The van der Waals surface area contributed by atoms with Crippen LogP contribution in [0.15, 0.2) is 54.0 Å². The highest BCUT2D eigenvalue weighted by Crippen LogP contribution is 2.20. The second-order valence-corrected chi connectivity index (χ2v) is 5.89. The fourth-order valence-electron chi connectivity index (χ4n) is 3.02. The van der Waals surface area contributed by atoms with Crippen LogP contribution < -0.4 is 5.56 Å². The molecule has 24 heavy (non-hydrogen) atoms. The van der Waals surface area contributed by atoms with Crippen molar-refractivity contribution in [3.8, 4) is 0 Å². The van der Waals surface area contributed by atoms with Gasteiger partial charge in [0.15, 0.2) is 0 Å². The zero-order valence-corrected chi connectivity index (χ0v) is 13.5. The standard InChI is InChI=1S/C18H17N5O/c1-3-16(15-10-22-8-4-7-19-18(22)21-15)23-11-20-14-9-12(2)5-6-13(14)17(23)24/h4-11,16H,3H2,1-2H3/t16-/m0/s1. The Hall–Kier alpha value is -3.02. The van der Waals surface area contributed by atoms with Gasteiger partial charge in [0.05, 0.1) is 29.0 Å². The molecule has 0 fully saturated rings. The van der Waals surface area contributed by atoms with Crippen molar-refractivity contribution in [1.82, 2.24) is 23.9 Å². The number of nitrogens with zero attached hydrogens (tertiary/aromatic N) is 5. The fraction of sp³-hybridized carbons (Fsp3) is 0.222. The van der Waals surface area contributed by atoms with Crippen molar-refractivity contribution in [3.63, 3.8) is 0 Å². The molecule has 0 saturated carbocycles. The molecule has 3 aromatic heterocycles. The van der Waals surface area contributed by atoms with Gasteiger partial charge < -0.3 is 0 Å². The van der Waals surface area contributed by atoms with Crippen molar-refractivity contribution in [1.29, 1.82) is 0 Å². The maximum Gasteiger partial charge on any atom is 0.261 e. The molecule has 4 aromatic rings. The van der Waals surface area contributed by atoms with Crippen LogP contribution in [0.5, 0.6) is 0 Å². The minimum Gasteiger partial charge on any atom is -0.291 e. The van der Waals surface area contributed by atoms with E-state index >= 15 is 0 Å². The van der Waals surface area contributed by atoms with Gasteiger partial charge >= 0.3 is 0 Å². The lowest BCUT2D eigenvalue weighted by molar-refractivity contribution is 0.533. The number of imidazole rings is 1. The Morgan fingerprint density at radius 3 is 2.92 bits per heavy atom. The lowest BCUT2D eigenvalue weighted by Gasteiger charge is -2.16. The summed E-state index contributed by atoms with van der Waals surface area (Å²) >= 11 is 0. The maximum atomic E-state index is 12.9. The summed E-state index contributed by atoms with van der Waals surface area (Å²) in [4.78, 5) is 26.2.